The SMILES string of the molecule is O=C(O)Oc1ccccc1Nc1ccccc1[N+](=O)[O-]. The number of hydrogen-bond acceptors (Lipinski definition) is 5. The van der Waals surface area contributed by atoms with Gasteiger partial charge in [-0.1, -0.05) is 24.3 Å². The highest BCUT2D eigenvalue weighted by Crippen LogP contribution is 2.31. The van der Waals surface area contributed by atoms with Crippen molar-refractivity contribution in [3.05, 3.63) is 58.6 Å². The van der Waals surface area contributed by atoms with Crippen molar-refractivity contribution in [2.75, 3.05) is 5.32 Å². The molecule has 0 fully saturated rings. The van der Waals surface area contributed by atoms with Crippen LogP contribution in [0.1, 0.15) is 0 Å². The first-order chi connectivity index (χ1) is 9.58. The van der Waals surface area contributed by atoms with E-state index in [1.54, 1.807) is 30.3 Å². The number of carbonyl (C=O) groups is 1. The van der Waals surface area contributed by atoms with Gasteiger partial charge in [0.05, 0.1) is 10.6 Å². The van der Waals surface area contributed by atoms with Gasteiger partial charge in [-0.3, -0.25) is 10.1 Å². The lowest BCUT2D eigenvalue weighted by molar-refractivity contribution is -0.383. The summed E-state index contributed by atoms with van der Waals surface area (Å²) in [6.45, 7) is 0. The highest BCUT2D eigenvalue weighted by Gasteiger charge is 2.14. The molecule has 0 unspecified atom stereocenters. The van der Waals surface area contributed by atoms with E-state index in [0.29, 0.717) is 5.69 Å². The minimum atomic E-state index is -1.46. The van der Waals surface area contributed by atoms with Crippen LogP contribution in [0.4, 0.5) is 21.9 Å². The van der Waals surface area contributed by atoms with Gasteiger partial charge in [-0.2, -0.15) is 0 Å². The van der Waals surface area contributed by atoms with Crippen LogP contribution in [0.2, 0.25) is 0 Å². The third-order valence-electron chi connectivity index (χ3n) is 2.45. The maximum atomic E-state index is 10.9. The molecule has 0 atom stereocenters. The van der Waals surface area contributed by atoms with E-state index in [4.69, 9.17) is 5.11 Å². The predicted molar refractivity (Wildman–Crippen MR) is 71.5 cm³/mol. The van der Waals surface area contributed by atoms with E-state index in [2.05, 4.69) is 10.1 Å². The molecule has 2 rings (SSSR count). The highest BCUT2D eigenvalue weighted by atomic mass is 16.7. The lowest BCUT2D eigenvalue weighted by atomic mass is 10.2. The Bertz CT molecular complexity index is 657. The number of anilines is 2. The molecule has 0 spiro atoms. The fourth-order valence-electron chi connectivity index (χ4n) is 1.64. The van der Waals surface area contributed by atoms with Gasteiger partial charge in [0.25, 0.3) is 5.69 Å². The lowest BCUT2D eigenvalue weighted by Crippen LogP contribution is -2.05. The summed E-state index contributed by atoms with van der Waals surface area (Å²) in [5.74, 6) is 0.0677. The van der Waals surface area contributed by atoms with Crippen molar-refractivity contribution in [3.8, 4) is 5.75 Å². The molecule has 0 aliphatic heterocycles. The standard InChI is InChI=1S/C13H10N2O5/c16-13(17)20-12-8-4-2-6-10(12)14-9-5-1-3-7-11(9)15(18)19/h1-8,14H,(H,16,17). The second-order valence-corrected chi connectivity index (χ2v) is 3.76. The van der Waals surface area contributed by atoms with Crippen molar-refractivity contribution in [2.45, 2.75) is 0 Å². The van der Waals surface area contributed by atoms with Crippen LogP contribution >= 0.6 is 0 Å². The van der Waals surface area contributed by atoms with Crippen LogP contribution in [0.25, 0.3) is 0 Å². The van der Waals surface area contributed by atoms with Gasteiger partial charge in [0.15, 0.2) is 5.75 Å². The molecule has 0 saturated heterocycles. The molecule has 0 aromatic heterocycles. The summed E-state index contributed by atoms with van der Waals surface area (Å²) < 4.78 is 4.60. The zero-order valence-electron chi connectivity index (χ0n) is 10.1. The molecule has 0 bridgehead atoms. The molecule has 0 aliphatic rings. The van der Waals surface area contributed by atoms with Crippen molar-refractivity contribution >= 4 is 23.2 Å². The molecule has 7 nitrogen and oxygen atoms in total. The molecule has 0 radical (unpaired) electrons. The summed E-state index contributed by atoms with van der Waals surface area (Å²) in [5.41, 5.74) is 0.459. The van der Waals surface area contributed by atoms with Crippen molar-refractivity contribution in [1.29, 1.82) is 0 Å². The lowest BCUT2D eigenvalue weighted by Gasteiger charge is -2.10. The van der Waals surface area contributed by atoms with Crippen LogP contribution in [-0.4, -0.2) is 16.2 Å². The molecule has 0 aliphatic carbocycles. The molecule has 2 N–H and O–H groups in total. The molecule has 0 saturated carbocycles. The molecular weight excluding hydrogens is 264 g/mol. The third-order valence-corrected chi connectivity index (χ3v) is 2.45. The number of para-hydroxylation sites is 4. The van der Waals surface area contributed by atoms with Crippen molar-refractivity contribution in [3.63, 3.8) is 0 Å². The molecule has 0 amide bonds. The quantitative estimate of drug-likeness (QED) is 0.383. The van der Waals surface area contributed by atoms with Crippen molar-refractivity contribution in [1.82, 2.24) is 0 Å². The van der Waals surface area contributed by atoms with Gasteiger partial charge in [0, 0.05) is 6.07 Å². The monoisotopic (exact) mass is 274 g/mol. The Balaban J connectivity index is 2.35. The first-order valence-corrected chi connectivity index (χ1v) is 5.58. The number of nitro groups is 1. The average molecular weight is 274 g/mol. The number of hydrogen-bond donors (Lipinski definition) is 2. The topological polar surface area (TPSA) is 102 Å². The van der Waals surface area contributed by atoms with Gasteiger partial charge >= 0.3 is 6.16 Å². The molecule has 2 aromatic carbocycles. The Morgan fingerprint density at radius 1 is 1.10 bits per heavy atom. The average Bonchev–Trinajstić information content (AvgIpc) is 2.41. The minimum Gasteiger partial charge on any atom is -0.449 e. The van der Waals surface area contributed by atoms with E-state index < -0.39 is 11.1 Å². The van der Waals surface area contributed by atoms with Gasteiger partial charge in [-0.25, -0.2) is 4.79 Å². The van der Waals surface area contributed by atoms with Gasteiger partial charge in [-0.05, 0) is 18.2 Å². The summed E-state index contributed by atoms with van der Waals surface area (Å²) in [6, 6.07) is 12.3. The van der Waals surface area contributed by atoms with E-state index in [9.17, 15) is 14.9 Å². The van der Waals surface area contributed by atoms with E-state index in [1.165, 1.54) is 18.2 Å². The van der Waals surface area contributed by atoms with Crippen LogP contribution in [0.5, 0.6) is 5.75 Å². The molecule has 0 heterocycles. The number of ether oxygens (including phenoxy) is 1. The van der Waals surface area contributed by atoms with Crippen LogP contribution < -0.4 is 10.1 Å². The maximum Gasteiger partial charge on any atom is 0.511 e. The van der Waals surface area contributed by atoms with E-state index in [1.807, 2.05) is 0 Å². The molecular formula is C13H10N2O5. The fraction of sp³-hybridized carbons (Fsp3) is 0. The van der Waals surface area contributed by atoms with Crippen molar-refractivity contribution < 1.29 is 19.6 Å². The Morgan fingerprint density at radius 2 is 1.70 bits per heavy atom. The second kappa shape index (κ2) is 5.70. The number of benzene rings is 2. The maximum absolute atomic E-state index is 10.9. The van der Waals surface area contributed by atoms with Crippen LogP contribution in [0.15, 0.2) is 48.5 Å². The summed E-state index contributed by atoms with van der Waals surface area (Å²) >= 11 is 0. The summed E-state index contributed by atoms with van der Waals surface area (Å²) in [5, 5.41) is 22.4. The van der Waals surface area contributed by atoms with E-state index >= 15 is 0 Å². The Kier molecular flexibility index (Phi) is 3.80. The second-order valence-electron chi connectivity index (χ2n) is 3.76. The van der Waals surface area contributed by atoms with E-state index in [0.717, 1.165) is 0 Å². The number of nitrogens with zero attached hydrogens (tertiary/aromatic N) is 1. The van der Waals surface area contributed by atoms with Gasteiger partial charge in [0.2, 0.25) is 0 Å². The van der Waals surface area contributed by atoms with Crippen LogP contribution in [0, 0.1) is 10.1 Å². The Morgan fingerprint density at radius 3 is 2.35 bits per heavy atom. The molecule has 102 valence electrons. The summed E-state index contributed by atoms with van der Waals surface area (Å²) in [4.78, 5) is 21.0. The number of carboxylic acid groups (broad SMARTS) is 1. The first-order valence-electron chi connectivity index (χ1n) is 5.58. The smallest absolute Gasteiger partial charge is 0.449 e. The van der Waals surface area contributed by atoms with Gasteiger partial charge < -0.3 is 15.2 Å². The van der Waals surface area contributed by atoms with Crippen LogP contribution in [-0.2, 0) is 0 Å². The first kappa shape index (κ1) is 13.3. The fourth-order valence-corrected chi connectivity index (χ4v) is 1.64. The molecule has 20 heavy (non-hydrogen) atoms. The Labute approximate surface area is 113 Å². The third kappa shape index (κ3) is 3.02. The number of nitrogens with one attached hydrogen (secondary N) is 1. The minimum absolute atomic E-state index is 0.0677. The Hall–Kier alpha value is -3.09. The zero-order valence-corrected chi connectivity index (χ0v) is 10.1. The zero-order chi connectivity index (χ0) is 14.5. The predicted octanol–water partition coefficient (Wildman–Crippen LogP) is 3.40. The summed E-state index contributed by atoms with van der Waals surface area (Å²) in [6.07, 6.45) is -1.46. The normalized spacial score (nSPS) is 9.80. The van der Waals surface area contributed by atoms with Crippen LogP contribution in [0.3, 0.4) is 0 Å². The molecule has 7 heteroatoms. The summed E-state index contributed by atoms with van der Waals surface area (Å²) in [7, 11) is 0. The van der Waals surface area contributed by atoms with Gasteiger partial charge in [-0.15, -0.1) is 0 Å². The van der Waals surface area contributed by atoms with Crippen molar-refractivity contribution in [2.24, 2.45) is 0 Å². The number of nitro benzene ring substituents is 1. The van der Waals surface area contributed by atoms with Gasteiger partial charge in [0.1, 0.15) is 5.69 Å². The molecule has 2 aromatic rings. The van der Waals surface area contributed by atoms with E-state index in [-0.39, 0.29) is 17.1 Å². The largest absolute Gasteiger partial charge is 0.511 e. The number of rotatable bonds is 4. The highest BCUT2D eigenvalue weighted by molar-refractivity contribution is 5.75.